The van der Waals surface area contributed by atoms with E-state index in [4.69, 9.17) is 4.98 Å². The second-order valence-electron chi connectivity index (χ2n) is 10.6. The molecule has 6 heteroatoms. The van der Waals surface area contributed by atoms with Gasteiger partial charge >= 0.3 is 5.97 Å². The number of carboxylic acids is 1. The van der Waals surface area contributed by atoms with Crippen LogP contribution in [0.1, 0.15) is 64.5 Å². The van der Waals surface area contributed by atoms with Gasteiger partial charge in [-0.1, -0.05) is 42.5 Å². The highest BCUT2D eigenvalue weighted by atomic mass is 16.4. The van der Waals surface area contributed by atoms with E-state index in [9.17, 15) is 9.90 Å². The number of nitrogens with one attached hydrogen (secondary N) is 1. The molecule has 0 saturated heterocycles. The van der Waals surface area contributed by atoms with Gasteiger partial charge in [0.1, 0.15) is 11.6 Å². The zero-order valence-electron chi connectivity index (χ0n) is 21.4. The molecule has 3 heterocycles. The number of fused-ring (bicyclic) bond motifs is 2. The molecule has 4 aromatic rings. The smallest absolute Gasteiger partial charge is 0.336 e. The number of carboxylic acid groups (broad SMARTS) is 1. The Morgan fingerprint density at radius 3 is 2.66 bits per heavy atom. The minimum Gasteiger partial charge on any atom is -0.478 e. The van der Waals surface area contributed by atoms with Gasteiger partial charge in [0.05, 0.1) is 22.3 Å². The summed E-state index contributed by atoms with van der Waals surface area (Å²) in [5, 5.41) is 13.2. The summed E-state index contributed by atoms with van der Waals surface area (Å²) in [5.74, 6) is 1.98. The highest BCUT2D eigenvalue weighted by Gasteiger charge is 2.30. The number of hydrogen-bond acceptors (Lipinski definition) is 4. The summed E-state index contributed by atoms with van der Waals surface area (Å²) >= 11 is 0. The maximum Gasteiger partial charge on any atom is 0.336 e. The Bertz CT molecular complexity index is 1640. The minimum atomic E-state index is -0.908. The van der Waals surface area contributed by atoms with Crippen molar-refractivity contribution in [3.63, 3.8) is 0 Å². The van der Waals surface area contributed by atoms with Crippen LogP contribution in [0.3, 0.4) is 0 Å². The summed E-state index contributed by atoms with van der Waals surface area (Å²) in [6, 6.07) is 20.0. The molecular weight excluding hydrogens is 472 g/mol. The zero-order valence-corrected chi connectivity index (χ0v) is 21.4. The van der Waals surface area contributed by atoms with E-state index in [1.807, 2.05) is 24.3 Å². The van der Waals surface area contributed by atoms with Crippen LogP contribution in [-0.2, 0) is 6.54 Å². The molecular formula is C32H30N4O2. The summed E-state index contributed by atoms with van der Waals surface area (Å²) in [4.78, 5) is 19.2. The lowest BCUT2D eigenvalue weighted by Gasteiger charge is -2.21. The highest BCUT2D eigenvalue weighted by Crippen LogP contribution is 2.42. The van der Waals surface area contributed by atoms with E-state index in [1.54, 1.807) is 12.1 Å². The van der Waals surface area contributed by atoms with E-state index in [0.717, 1.165) is 41.9 Å². The topological polar surface area (TPSA) is 70.4 Å². The molecule has 6 nitrogen and oxygen atoms in total. The number of benzene rings is 3. The number of imidazole rings is 1. The molecule has 0 radical (unpaired) electrons. The summed E-state index contributed by atoms with van der Waals surface area (Å²) in [7, 11) is 0. The maximum absolute atomic E-state index is 11.7. The standard InChI is InChI=1S/C32H30N4O2/c1-20-16-24(27-19-35-15-5-4-8-29(35)33-27)17-28-30(20)34-31(23-13-14-23)36(28)18-21-9-11-22(12-10-21)25-6-2-3-7-26(25)32(37)38/h2-3,6-12,16-17,19,23,33H,4-5,13-15,18H2,1H3,(H,37,38). The molecule has 1 fully saturated rings. The van der Waals surface area contributed by atoms with Crippen molar-refractivity contribution in [3.05, 3.63) is 107 Å². The quantitative estimate of drug-likeness (QED) is 0.316. The van der Waals surface area contributed by atoms with Crippen LogP contribution in [0, 0.1) is 6.92 Å². The number of allylic oxidation sites excluding steroid dienone is 1. The van der Waals surface area contributed by atoms with Crippen LogP contribution in [0.5, 0.6) is 0 Å². The summed E-state index contributed by atoms with van der Waals surface area (Å²) in [5.41, 5.74) is 8.92. The lowest BCUT2D eigenvalue weighted by Crippen LogP contribution is -2.23. The normalized spacial score (nSPS) is 16.7. The van der Waals surface area contributed by atoms with Crippen LogP contribution >= 0.6 is 0 Å². The molecule has 1 saturated carbocycles. The fraction of sp³-hybridized carbons (Fsp3) is 0.250. The number of carbonyl (C=O) groups is 1. The van der Waals surface area contributed by atoms with Crippen LogP contribution in [0.2, 0.25) is 0 Å². The fourth-order valence-electron chi connectivity index (χ4n) is 5.75. The van der Waals surface area contributed by atoms with Crippen molar-refractivity contribution in [2.24, 2.45) is 0 Å². The first-order valence-electron chi connectivity index (χ1n) is 13.4. The Balaban J connectivity index is 1.26. The van der Waals surface area contributed by atoms with Crippen molar-refractivity contribution >= 4 is 22.7 Å². The monoisotopic (exact) mass is 502 g/mol. The van der Waals surface area contributed by atoms with Gasteiger partial charge in [0.15, 0.2) is 0 Å². The van der Waals surface area contributed by atoms with Gasteiger partial charge in [-0.05, 0) is 79.1 Å². The SMILES string of the molecule is Cc1cc(C2=CN3CCCC=C3N2)cc2c1nc(C1CC1)n2Cc1ccc(-c2ccccc2C(=O)O)cc1. The Labute approximate surface area is 221 Å². The van der Waals surface area contributed by atoms with Crippen LogP contribution in [-0.4, -0.2) is 32.1 Å². The van der Waals surface area contributed by atoms with Gasteiger partial charge in [-0.25, -0.2) is 9.78 Å². The first kappa shape index (κ1) is 22.8. The van der Waals surface area contributed by atoms with E-state index in [2.05, 4.69) is 58.2 Å². The van der Waals surface area contributed by atoms with Gasteiger partial charge in [-0.15, -0.1) is 0 Å². The van der Waals surface area contributed by atoms with Crippen molar-refractivity contribution in [2.45, 2.75) is 45.1 Å². The van der Waals surface area contributed by atoms with Crippen LogP contribution < -0.4 is 5.32 Å². The van der Waals surface area contributed by atoms with Crippen molar-refractivity contribution in [2.75, 3.05) is 6.54 Å². The molecule has 0 atom stereocenters. The molecule has 0 bridgehead atoms. The third-order valence-electron chi connectivity index (χ3n) is 7.89. The number of nitrogens with zero attached hydrogens (tertiary/aromatic N) is 3. The van der Waals surface area contributed by atoms with Crippen molar-refractivity contribution in [3.8, 4) is 11.1 Å². The molecule has 190 valence electrons. The van der Waals surface area contributed by atoms with Gasteiger partial charge in [0.2, 0.25) is 0 Å². The number of hydrogen-bond donors (Lipinski definition) is 2. The minimum absolute atomic E-state index is 0.321. The third-order valence-corrected chi connectivity index (χ3v) is 7.89. The average Bonchev–Trinajstić information content (AvgIpc) is 3.58. The first-order valence-corrected chi connectivity index (χ1v) is 13.4. The second kappa shape index (κ2) is 8.91. The van der Waals surface area contributed by atoms with Crippen molar-refractivity contribution < 1.29 is 9.90 Å². The van der Waals surface area contributed by atoms with Gasteiger partial charge in [-0.3, -0.25) is 0 Å². The molecule has 0 spiro atoms. The first-order chi connectivity index (χ1) is 18.5. The van der Waals surface area contributed by atoms with E-state index < -0.39 is 5.97 Å². The second-order valence-corrected chi connectivity index (χ2v) is 10.6. The van der Waals surface area contributed by atoms with Crippen LogP contribution in [0.4, 0.5) is 0 Å². The Morgan fingerprint density at radius 2 is 1.89 bits per heavy atom. The van der Waals surface area contributed by atoms with E-state index in [-0.39, 0.29) is 0 Å². The van der Waals surface area contributed by atoms with Gasteiger partial charge < -0.3 is 19.9 Å². The lowest BCUT2D eigenvalue weighted by atomic mass is 9.98. The lowest BCUT2D eigenvalue weighted by molar-refractivity contribution is 0.0697. The zero-order chi connectivity index (χ0) is 25.8. The van der Waals surface area contributed by atoms with Crippen LogP contribution in [0.25, 0.3) is 27.9 Å². The van der Waals surface area contributed by atoms with Gasteiger partial charge in [-0.2, -0.15) is 0 Å². The molecule has 0 unspecified atom stereocenters. The average molecular weight is 503 g/mol. The van der Waals surface area contributed by atoms with Crippen molar-refractivity contribution in [1.82, 2.24) is 19.8 Å². The number of rotatable bonds is 6. The molecule has 7 rings (SSSR count). The maximum atomic E-state index is 11.7. The molecule has 2 aliphatic heterocycles. The Morgan fingerprint density at radius 1 is 1.08 bits per heavy atom. The largest absolute Gasteiger partial charge is 0.478 e. The predicted molar refractivity (Wildman–Crippen MR) is 150 cm³/mol. The summed E-state index contributed by atoms with van der Waals surface area (Å²) in [6.45, 7) is 3.95. The number of aryl methyl sites for hydroxylation is 1. The molecule has 3 aromatic carbocycles. The molecule has 1 aromatic heterocycles. The summed E-state index contributed by atoms with van der Waals surface area (Å²) < 4.78 is 2.39. The van der Waals surface area contributed by atoms with Crippen LogP contribution in [0.15, 0.2) is 78.8 Å². The van der Waals surface area contributed by atoms with Gasteiger partial charge in [0, 0.05) is 30.8 Å². The number of aromatic carboxylic acids is 1. The fourth-order valence-corrected chi connectivity index (χ4v) is 5.75. The van der Waals surface area contributed by atoms with E-state index >= 15 is 0 Å². The third kappa shape index (κ3) is 3.97. The Hall–Kier alpha value is -4.32. The van der Waals surface area contributed by atoms with Crippen molar-refractivity contribution in [1.29, 1.82) is 0 Å². The molecule has 0 amide bonds. The molecule has 38 heavy (non-hydrogen) atoms. The predicted octanol–water partition coefficient (Wildman–Crippen LogP) is 6.47. The molecule has 3 aliphatic rings. The van der Waals surface area contributed by atoms with E-state index in [1.165, 1.54) is 53.1 Å². The molecule has 2 N–H and O–H groups in total. The highest BCUT2D eigenvalue weighted by molar-refractivity contribution is 5.96. The Kier molecular flexibility index (Phi) is 5.36. The number of aromatic nitrogens is 2. The molecule has 1 aliphatic carbocycles. The van der Waals surface area contributed by atoms with E-state index in [0.29, 0.717) is 11.5 Å². The van der Waals surface area contributed by atoms with Gasteiger partial charge in [0.25, 0.3) is 0 Å². The summed E-state index contributed by atoms with van der Waals surface area (Å²) in [6.07, 6.45) is 9.21.